The molecule has 1 atom stereocenters. The topological polar surface area (TPSA) is 29.5 Å². The first kappa shape index (κ1) is 13.8. The van der Waals surface area contributed by atoms with E-state index in [-0.39, 0.29) is 0 Å². The van der Waals surface area contributed by atoms with Crippen LogP contribution in [0, 0.1) is 3.57 Å². The van der Waals surface area contributed by atoms with Crippen molar-refractivity contribution in [2.45, 2.75) is 13.0 Å². The Morgan fingerprint density at radius 3 is 2.61 bits per heavy atom. The first-order valence-electron chi connectivity index (χ1n) is 5.47. The van der Waals surface area contributed by atoms with E-state index in [1.54, 1.807) is 6.92 Å². The molecule has 94 valence electrons. The van der Waals surface area contributed by atoms with Gasteiger partial charge in [0.1, 0.15) is 11.5 Å². The number of halogens is 2. The van der Waals surface area contributed by atoms with Gasteiger partial charge in [0, 0.05) is 3.57 Å². The molecule has 0 saturated carbocycles. The Bertz CT molecular complexity index is 555. The molecule has 0 aliphatic rings. The molecule has 0 saturated heterocycles. The average Bonchev–Trinajstić information content (AvgIpc) is 2.31. The van der Waals surface area contributed by atoms with Gasteiger partial charge < -0.3 is 9.84 Å². The van der Waals surface area contributed by atoms with Gasteiger partial charge >= 0.3 is 0 Å². The third kappa shape index (κ3) is 3.46. The molecule has 0 aromatic heterocycles. The number of benzene rings is 2. The molecular formula is C14H12BrIO2. The van der Waals surface area contributed by atoms with Crippen molar-refractivity contribution in [1.82, 2.24) is 0 Å². The highest BCUT2D eigenvalue weighted by Crippen LogP contribution is 2.32. The standard InChI is InChI=1S/C14H12BrIO2/c1-9(17)10-5-6-14(13(15)7-10)18-12-4-2-3-11(16)8-12/h2-9,17H,1H3/t9-/m0/s1. The summed E-state index contributed by atoms with van der Waals surface area (Å²) in [5, 5.41) is 9.50. The molecule has 0 heterocycles. The highest BCUT2D eigenvalue weighted by molar-refractivity contribution is 14.1. The normalized spacial score (nSPS) is 12.2. The van der Waals surface area contributed by atoms with Gasteiger partial charge in [0.15, 0.2) is 0 Å². The largest absolute Gasteiger partial charge is 0.456 e. The van der Waals surface area contributed by atoms with E-state index >= 15 is 0 Å². The van der Waals surface area contributed by atoms with Crippen molar-refractivity contribution in [1.29, 1.82) is 0 Å². The van der Waals surface area contributed by atoms with Crippen LogP contribution in [0.5, 0.6) is 11.5 Å². The molecule has 2 rings (SSSR count). The highest BCUT2D eigenvalue weighted by Gasteiger charge is 2.07. The summed E-state index contributed by atoms with van der Waals surface area (Å²) in [6.07, 6.45) is -0.479. The molecule has 0 radical (unpaired) electrons. The number of aliphatic hydroxyl groups excluding tert-OH is 1. The van der Waals surface area contributed by atoms with Gasteiger partial charge in [0.2, 0.25) is 0 Å². The van der Waals surface area contributed by atoms with Gasteiger partial charge in [-0.25, -0.2) is 0 Å². The average molecular weight is 419 g/mol. The van der Waals surface area contributed by atoms with Crippen molar-refractivity contribution in [3.05, 3.63) is 56.1 Å². The van der Waals surface area contributed by atoms with E-state index in [1.165, 1.54) is 0 Å². The Morgan fingerprint density at radius 2 is 2.00 bits per heavy atom. The van der Waals surface area contributed by atoms with E-state index < -0.39 is 6.10 Å². The summed E-state index contributed by atoms with van der Waals surface area (Å²) in [6.45, 7) is 1.74. The fourth-order valence-corrected chi connectivity index (χ4v) is 2.51. The van der Waals surface area contributed by atoms with E-state index in [0.29, 0.717) is 0 Å². The fourth-order valence-electron chi connectivity index (χ4n) is 1.52. The van der Waals surface area contributed by atoms with Crippen LogP contribution in [-0.4, -0.2) is 5.11 Å². The third-order valence-corrected chi connectivity index (χ3v) is 3.75. The monoisotopic (exact) mass is 418 g/mol. The van der Waals surface area contributed by atoms with Crippen LogP contribution >= 0.6 is 38.5 Å². The van der Waals surface area contributed by atoms with Gasteiger partial charge in [-0.15, -0.1) is 0 Å². The van der Waals surface area contributed by atoms with Gasteiger partial charge in [0.05, 0.1) is 10.6 Å². The summed E-state index contributed by atoms with van der Waals surface area (Å²) in [6, 6.07) is 13.4. The van der Waals surface area contributed by atoms with Crippen LogP contribution in [0.2, 0.25) is 0 Å². The molecule has 1 N–H and O–H groups in total. The molecule has 4 heteroatoms. The predicted octanol–water partition coefficient (Wildman–Crippen LogP) is 4.90. The molecule has 0 aliphatic heterocycles. The van der Waals surface area contributed by atoms with Crippen molar-refractivity contribution >= 4 is 38.5 Å². The summed E-state index contributed by atoms with van der Waals surface area (Å²) in [5.74, 6) is 1.54. The van der Waals surface area contributed by atoms with Gasteiger partial charge in [-0.05, 0) is 81.3 Å². The highest BCUT2D eigenvalue weighted by atomic mass is 127. The molecule has 0 spiro atoms. The Balaban J connectivity index is 2.24. The number of ether oxygens (including phenoxy) is 1. The summed E-state index contributed by atoms with van der Waals surface area (Å²) < 4.78 is 7.75. The Labute approximate surface area is 128 Å². The minimum absolute atomic E-state index is 0.479. The molecule has 0 fully saturated rings. The zero-order valence-corrected chi connectivity index (χ0v) is 13.5. The van der Waals surface area contributed by atoms with Crippen molar-refractivity contribution in [3.63, 3.8) is 0 Å². The summed E-state index contributed by atoms with van der Waals surface area (Å²) in [7, 11) is 0. The van der Waals surface area contributed by atoms with Gasteiger partial charge in [0.25, 0.3) is 0 Å². The number of rotatable bonds is 3. The minimum Gasteiger partial charge on any atom is -0.456 e. The lowest BCUT2D eigenvalue weighted by atomic mass is 10.1. The van der Waals surface area contributed by atoms with Crippen LogP contribution < -0.4 is 4.74 Å². The lowest BCUT2D eigenvalue weighted by molar-refractivity contribution is 0.199. The first-order chi connectivity index (χ1) is 8.56. The first-order valence-corrected chi connectivity index (χ1v) is 7.34. The van der Waals surface area contributed by atoms with E-state index in [4.69, 9.17) is 4.74 Å². The summed E-state index contributed by atoms with van der Waals surface area (Å²) >= 11 is 5.70. The molecule has 0 bridgehead atoms. The Morgan fingerprint density at radius 1 is 1.22 bits per heavy atom. The van der Waals surface area contributed by atoms with Crippen LogP contribution in [0.3, 0.4) is 0 Å². The maximum Gasteiger partial charge on any atom is 0.141 e. The molecule has 2 aromatic carbocycles. The maximum atomic E-state index is 9.50. The van der Waals surface area contributed by atoms with Crippen molar-refractivity contribution in [3.8, 4) is 11.5 Å². The smallest absolute Gasteiger partial charge is 0.141 e. The molecule has 2 nitrogen and oxygen atoms in total. The molecular weight excluding hydrogens is 407 g/mol. The second kappa shape index (κ2) is 6.04. The van der Waals surface area contributed by atoms with Crippen LogP contribution in [0.4, 0.5) is 0 Å². The van der Waals surface area contributed by atoms with Gasteiger partial charge in [-0.2, -0.15) is 0 Å². The second-order valence-corrected chi connectivity index (χ2v) is 6.03. The van der Waals surface area contributed by atoms with Crippen LogP contribution in [0.1, 0.15) is 18.6 Å². The van der Waals surface area contributed by atoms with Gasteiger partial charge in [-0.3, -0.25) is 0 Å². The second-order valence-electron chi connectivity index (χ2n) is 3.93. The molecule has 0 aliphatic carbocycles. The van der Waals surface area contributed by atoms with Crippen molar-refractivity contribution in [2.75, 3.05) is 0 Å². The van der Waals surface area contributed by atoms with E-state index in [2.05, 4.69) is 38.5 Å². The Kier molecular flexibility index (Phi) is 4.64. The SMILES string of the molecule is C[C@H](O)c1ccc(Oc2cccc(I)c2)c(Br)c1. The maximum absolute atomic E-state index is 9.50. The minimum atomic E-state index is -0.479. The zero-order chi connectivity index (χ0) is 13.1. The predicted molar refractivity (Wildman–Crippen MR) is 84.0 cm³/mol. The lowest BCUT2D eigenvalue weighted by Crippen LogP contribution is -1.92. The van der Waals surface area contributed by atoms with E-state index in [9.17, 15) is 5.11 Å². The summed E-state index contributed by atoms with van der Waals surface area (Å²) in [4.78, 5) is 0. The molecule has 18 heavy (non-hydrogen) atoms. The third-order valence-electron chi connectivity index (χ3n) is 2.46. The van der Waals surface area contributed by atoms with E-state index in [1.807, 2.05) is 42.5 Å². The molecule has 2 aromatic rings. The Hall–Kier alpha value is -0.590. The van der Waals surface area contributed by atoms with Crippen LogP contribution in [0.15, 0.2) is 46.9 Å². The van der Waals surface area contributed by atoms with Crippen molar-refractivity contribution in [2.24, 2.45) is 0 Å². The number of hydrogen-bond acceptors (Lipinski definition) is 2. The lowest BCUT2D eigenvalue weighted by Gasteiger charge is -2.11. The quantitative estimate of drug-likeness (QED) is 0.718. The zero-order valence-electron chi connectivity index (χ0n) is 9.73. The van der Waals surface area contributed by atoms with Gasteiger partial charge in [-0.1, -0.05) is 12.1 Å². The van der Waals surface area contributed by atoms with Crippen LogP contribution in [0.25, 0.3) is 0 Å². The fraction of sp³-hybridized carbons (Fsp3) is 0.143. The molecule has 0 amide bonds. The number of aliphatic hydroxyl groups is 1. The van der Waals surface area contributed by atoms with E-state index in [0.717, 1.165) is 25.1 Å². The van der Waals surface area contributed by atoms with Crippen LogP contribution in [-0.2, 0) is 0 Å². The molecule has 0 unspecified atom stereocenters. The van der Waals surface area contributed by atoms with Crippen molar-refractivity contribution < 1.29 is 9.84 Å². The number of hydrogen-bond donors (Lipinski definition) is 1. The summed E-state index contributed by atoms with van der Waals surface area (Å²) in [5.41, 5.74) is 0.858.